The SMILES string of the molecule is C[C@@H]([C@H]1C[C@@H]2CC[C@@H]1C2)n1c(SCC(=O)Nc2ccc3c(c2)OCO3)nnc1-c1ccco1. The molecule has 9 heteroatoms. The molecule has 2 aliphatic carbocycles. The topological polar surface area (TPSA) is 91.4 Å². The molecule has 2 bridgehead atoms. The van der Waals surface area contributed by atoms with Gasteiger partial charge in [-0.05, 0) is 68.2 Å². The summed E-state index contributed by atoms with van der Waals surface area (Å²) in [6.45, 7) is 2.47. The van der Waals surface area contributed by atoms with E-state index in [1.807, 2.05) is 18.2 Å². The number of nitrogens with zero attached hydrogens (tertiary/aromatic N) is 3. The zero-order chi connectivity index (χ0) is 22.4. The standard InChI is InChI=1S/C24H26N4O4S/c1-14(18-10-15-4-5-16(18)9-15)28-23(20-3-2-8-30-20)26-27-24(28)33-12-22(29)25-17-6-7-19-21(11-17)32-13-31-19/h2-3,6-8,11,14-16,18H,4-5,9-10,12-13H2,1H3,(H,25,29)/t14-,15+,16+,18+/m0/s1. The van der Waals surface area contributed by atoms with Crippen LogP contribution in [0.5, 0.6) is 11.5 Å². The fourth-order valence-corrected chi connectivity index (χ4v) is 6.52. The smallest absolute Gasteiger partial charge is 0.234 e. The number of rotatable bonds is 7. The monoisotopic (exact) mass is 466 g/mol. The van der Waals surface area contributed by atoms with E-state index in [9.17, 15) is 4.79 Å². The molecule has 0 unspecified atom stereocenters. The minimum Gasteiger partial charge on any atom is -0.461 e. The molecule has 1 amide bonds. The number of furan rings is 1. The summed E-state index contributed by atoms with van der Waals surface area (Å²) in [6.07, 6.45) is 6.94. The van der Waals surface area contributed by atoms with Crippen LogP contribution in [0.4, 0.5) is 5.69 Å². The van der Waals surface area contributed by atoms with Gasteiger partial charge in [-0.15, -0.1) is 10.2 Å². The normalized spacial score (nSPS) is 23.7. The zero-order valence-corrected chi connectivity index (χ0v) is 19.2. The summed E-state index contributed by atoms with van der Waals surface area (Å²) < 4.78 is 18.6. The molecular formula is C24H26N4O4S. The quantitative estimate of drug-likeness (QED) is 0.490. The van der Waals surface area contributed by atoms with Crippen LogP contribution in [-0.2, 0) is 4.79 Å². The highest BCUT2D eigenvalue weighted by Crippen LogP contribution is 2.53. The molecule has 172 valence electrons. The zero-order valence-electron chi connectivity index (χ0n) is 18.4. The lowest BCUT2D eigenvalue weighted by Crippen LogP contribution is -2.23. The van der Waals surface area contributed by atoms with Crippen LogP contribution in [0, 0.1) is 17.8 Å². The summed E-state index contributed by atoms with van der Waals surface area (Å²) in [6, 6.07) is 9.41. The van der Waals surface area contributed by atoms with Crippen LogP contribution in [0.3, 0.4) is 0 Å². The minimum atomic E-state index is -0.111. The average molecular weight is 467 g/mol. The number of carbonyl (C=O) groups is 1. The Labute approximate surface area is 196 Å². The third-order valence-electron chi connectivity index (χ3n) is 7.21. The molecule has 1 N–H and O–H groups in total. The first-order valence-electron chi connectivity index (χ1n) is 11.5. The highest BCUT2D eigenvalue weighted by atomic mass is 32.2. The number of benzene rings is 1. The maximum atomic E-state index is 12.7. The van der Waals surface area contributed by atoms with E-state index < -0.39 is 0 Å². The summed E-state index contributed by atoms with van der Waals surface area (Å²) in [5, 5.41) is 12.6. The van der Waals surface area contributed by atoms with Gasteiger partial charge in [0.05, 0.1) is 12.0 Å². The molecule has 1 aliphatic heterocycles. The summed E-state index contributed by atoms with van der Waals surface area (Å²) >= 11 is 1.40. The van der Waals surface area contributed by atoms with Crippen LogP contribution >= 0.6 is 11.8 Å². The second-order valence-corrected chi connectivity index (χ2v) is 10.1. The number of hydrogen-bond acceptors (Lipinski definition) is 7. The molecule has 2 fully saturated rings. The van der Waals surface area contributed by atoms with E-state index >= 15 is 0 Å². The second-order valence-electron chi connectivity index (χ2n) is 9.14. The van der Waals surface area contributed by atoms with Crippen molar-refractivity contribution in [2.75, 3.05) is 17.9 Å². The molecule has 0 radical (unpaired) electrons. The number of fused-ring (bicyclic) bond motifs is 3. The van der Waals surface area contributed by atoms with Crippen molar-refractivity contribution in [1.29, 1.82) is 0 Å². The number of ether oxygens (including phenoxy) is 2. The van der Waals surface area contributed by atoms with Crippen LogP contribution in [0.2, 0.25) is 0 Å². The fourth-order valence-electron chi connectivity index (χ4n) is 5.69. The number of amides is 1. The van der Waals surface area contributed by atoms with E-state index in [4.69, 9.17) is 13.9 Å². The molecule has 2 aromatic heterocycles. The van der Waals surface area contributed by atoms with E-state index in [1.165, 1.54) is 37.4 Å². The molecule has 8 nitrogen and oxygen atoms in total. The largest absolute Gasteiger partial charge is 0.461 e. The van der Waals surface area contributed by atoms with Crippen LogP contribution in [0.25, 0.3) is 11.6 Å². The molecule has 1 aromatic carbocycles. The predicted octanol–water partition coefficient (Wildman–Crippen LogP) is 4.99. The summed E-state index contributed by atoms with van der Waals surface area (Å²) in [5.74, 6) is 5.12. The van der Waals surface area contributed by atoms with Gasteiger partial charge in [0, 0.05) is 17.8 Å². The van der Waals surface area contributed by atoms with Crippen molar-refractivity contribution in [3.05, 3.63) is 36.6 Å². The molecule has 4 atom stereocenters. The average Bonchev–Trinajstić information content (AvgIpc) is 3.64. The van der Waals surface area contributed by atoms with Crippen LogP contribution < -0.4 is 14.8 Å². The Morgan fingerprint density at radius 1 is 1.21 bits per heavy atom. The summed E-state index contributed by atoms with van der Waals surface area (Å²) in [5.41, 5.74) is 0.679. The maximum absolute atomic E-state index is 12.7. The van der Waals surface area contributed by atoms with Crippen molar-refractivity contribution in [3.8, 4) is 23.1 Å². The Kier molecular flexibility index (Phi) is 5.28. The van der Waals surface area contributed by atoms with Crippen molar-refractivity contribution < 1.29 is 18.7 Å². The number of hydrogen-bond donors (Lipinski definition) is 1. The van der Waals surface area contributed by atoms with Gasteiger partial charge in [-0.25, -0.2) is 0 Å². The number of nitrogens with one attached hydrogen (secondary N) is 1. The van der Waals surface area contributed by atoms with Crippen LogP contribution in [0.15, 0.2) is 46.2 Å². The molecule has 3 aliphatic rings. The lowest BCUT2D eigenvalue weighted by atomic mass is 9.84. The van der Waals surface area contributed by atoms with Gasteiger partial charge in [-0.1, -0.05) is 18.2 Å². The Balaban J connectivity index is 1.19. The van der Waals surface area contributed by atoms with Gasteiger partial charge in [-0.2, -0.15) is 0 Å². The third-order valence-corrected chi connectivity index (χ3v) is 8.16. The lowest BCUT2D eigenvalue weighted by molar-refractivity contribution is -0.113. The Morgan fingerprint density at radius 3 is 2.91 bits per heavy atom. The van der Waals surface area contributed by atoms with Crippen LogP contribution in [-0.4, -0.2) is 33.2 Å². The van der Waals surface area contributed by atoms with Crippen molar-refractivity contribution in [3.63, 3.8) is 0 Å². The van der Waals surface area contributed by atoms with Crippen molar-refractivity contribution >= 4 is 23.4 Å². The highest BCUT2D eigenvalue weighted by molar-refractivity contribution is 7.99. The van der Waals surface area contributed by atoms with E-state index in [0.717, 1.165) is 22.8 Å². The van der Waals surface area contributed by atoms with Gasteiger partial charge < -0.3 is 19.2 Å². The highest BCUT2D eigenvalue weighted by Gasteiger charge is 2.43. The Hall–Kier alpha value is -2.94. The van der Waals surface area contributed by atoms with Gasteiger partial charge in [0.25, 0.3) is 0 Å². The third kappa shape index (κ3) is 3.88. The van der Waals surface area contributed by atoms with E-state index in [-0.39, 0.29) is 24.5 Å². The van der Waals surface area contributed by atoms with E-state index in [1.54, 1.807) is 18.4 Å². The molecule has 0 spiro atoms. The number of aromatic nitrogens is 3. The van der Waals surface area contributed by atoms with Crippen molar-refractivity contribution in [2.24, 2.45) is 17.8 Å². The van der Waals surface area contributed by atoms with E-state index in [0.29, 0.717) is 28.9 Å². The van der Waals surface area contributed by atoms with Gasteiger partial charge in [-0.3, -0.25) is 9.36 Å². The maximum Gasteiger partial charge on any atom is 0.234 e. The fraction of sp³-hybridized carbons (Fsp3) is 0.458. The molecule has 6 rings (SSSR count). The van der Waals surface area contributed by atoms with Gasteiger partial charge in [0.15, 0.2) is 22.4 Å². The first-order valence-corrected chi connectivity index (χ1v) is 12.5. The van der Waals surface area contributed by atoms with Crippen molar-refractivity contribution in [2.45, 2.75) is 43.8 Å². The molecule has 33 heavy (non-hydrogen) atoms. The number of anilines is 1. The van der Waals surface area contributed by atoms with Gasteiger partial charge >= 0.3 is 0 Å². The molecule has 0 saturated heterocycles. The van der Waals surface area contributed by atoms with Crippen molar-refractivity contribution in [1.82, 2.24) is 14.8 Å². The second kappa shape index (κ2) is 8.44. The molecular weight excluding hydrogens is 440 g/mol. The summed E-state index contributed by atoms with van der Waals surface area (Å²) in [4.78, 5) is 12.7. The first kappa shape index (κ1) is 20.7. The Bertz CT molecular complexity index is 1160. The predicted molar refractivity (Wildman–Crippen MR) is 123 cm³/mol. The van der Waals surface area contributed by atoms with E-state index in [2.05, 4.69) is 27.0 Å². The van der Waals surface area contributed by atoms with Gasteiger partial charge in [0.1, 0.15) is 0 Å². The molecule has 3 heterocycles. The van der Waals surface area contributed by atoms with Gasteiger partial charge in [0.2, 0.25) is 18.5 Å². The summed E-state index contributed by atoms with van der Waals surface area (Å²) in [7, 11) is 0. The van der Waals surface area contributed by atoms with Crippen LogP contribution in [0.1, 0.15) is 38.6 Å². The molecule has 2 saturated carbocycles. The number of carbonyl (C=O) groups excluding carboxylic acids is 1. The first-order chi connectivity index (χ1) is 16.2. The number of thioether (sulfide) groups is 1. The Morgan fingerprint density at radius 2 is 2.12 bits per heavy atom. The lowest BCUT2D eigenvalue weighted by Gasteiger charge is -2.30. The molecule has 3 aromatic rings. The minimum absolute atomic E-state index is 0.111.